The second-order valence-corrected chi connectivity index (χ2v) is 5.20. The van der Waals surface area contributed by atoms with Crippen molar-refractivity contribution in [2.75, 3.05) is 20.8 Å². The van der Waals surface area contributed by atoms with Crippen LogP contribution in [0.4, 0.5) is 5.69 Å². The SMILES string of the molecule is COc1cc(OCC(=O)N(C)C(C)(C)C(=O)O)ccc1[N+](=O)[O-]. The molecule has 1 aromatic rings. The minimum absolute atomic E-state index is 0.000769. The van der Waals surface area contributed by atoms with Crippen molar-refractivity contribution in [1.29, 1.82) is 0 Å². The summed E-state index contributed by atoms with van der Waals surface area (Å²) in [5.41, 5.74) is -1.61. The minimum Gasteiger partial charge on any atom is -0.490 e. The van der Waals surface area contributed by atoms with Gasteiger partial charge in [-0.3, -0.25) is 14.9 Å². The molecule has 23 heavy (non-hydrogen) atoms. The Labute approximate surface area is 132 Å². The second kappa shape index (κ2) is 6.95. The minimum atomic E-state index is -1.38. The van der Waals surface area contributed by atoms with Gasteiger partial charge in [0.25, 0.3) is 5.91 Å². The van der Waals surface area contributed by atoms with Crippen molar-refractivity contribution >= 4 is 17.6 Å². The van der Waals surface area contributed by atoms with Gasteiger partial charge in [-0.15, -0.1) is 0 Å². The Hall–Kier alpha value is -2.84. The van der Waals surface area contributed by atoms with Crippen molar-refractivity contribution in [2.45, 2.75) is 19.4 Å². The van der Waals surface area contributed by atoms with Crippen LogP contribution >= 0.6 is 0 Å². The number of amides is 1. The summed E-state index contributed by atoms with van der Waals surface area (Å²) in [4.78, 5) is 34.3. The molecule has 0 spiro atoms. The van der Waals surface area contributed by atoms with Crippen molar-refractivity contribution in [3.63, 3.8) is 0 Å². The highest BCUT2D eigenvalue weighted by Crippen LogP contribution is 2.30. The van der Waals surface area contributed by atoms with Gasteiger partial charge in [-0.1, -0.05) is 0 Å². The molecule has 0 aliphatic rings. The fourth-order valence-electron chi connectivity index (χ4n) is 1.60. The molecule has 0 aromatic heterocycles. The maximum Gasteiger partial charge on any atom is 0.329 e. The highest BCUT2D eigenvalue weighted by Gasteiger charge is 2.35. The monoisotopic (exact) mass is 326 g/mol. The summed E-state index contributed by atoms with van der Waals surface area (Å²) in [6.45, 7) is 2.37. The highest BCUT2D eigenvalue weighted by molar-refractivity contribution is 5.86. The molecule has 0 saturated heterocycles. The normalized spacial score (nSPS) is 10.8. The molecule has 0 atom stereocenters. The molecule has 0 saturated carbocycles. The maximum atomic E-state index is 12.0. The van der Waals surface area contributed by atoms with Crippen molar-refractivity contribution in [3.8, 4) is 11.5 Å². The van der Waals surface area contributed by atoms with Crippen LogP contribution in [0.15, 0.2) is 18.2 Å². The summed E-state index contributed by atoms with van der Waals surface area (Å²) >= 11 is 0. The number of likely N-dealkylation sites (N-methyl/N-ethyl adjacent to an activating group) is 1. The fourth-order valence-corrected chi connectivity index (χ4v) is 1.60. The lowest BCUT2D eigenvalue weighted by Crippen LogP contribution is -2.52. The fraction of sp³-hybridized carbons (Fsp3) is 0.429. The first-order chi connectivity index (χ1) is 10.6. The van der Waals surface area contributed by atoms with E-state index in [1.54, 1.807) is 0 Å². The summed E-state index contributed by atoms with van der Waals surface area (Å²) in [6, 6.07) is 3.81. The summed E-state index contributed by atoms with van der Waals surface area (Å²) in [5.74, 6) is -1.50. The molecular formula is C14H18N2O7. The Morgan fingerprint density at radius 2 is 2.00 bits per heavy atom. The van der Waals surface area contributed by atoms with Gasteiger partial charge in [0.1, 0.15) is 11.3 Å². The summed E-state index contributed by atoms with van der Waals surface area (Å²) in [6.07, 6.45) is 0. The van der Waals surface area contributed by atoms with Gasteiger partial charge in [-0.2, -0.15) is 0 Å². The highest BCUT2D eigenvalue weighted by atomic mass is 16.6. The van der Waals surface area contributed by atoms with E-state index in [1.807, 2.05) is 0 Å². The number of carboxylic acids is 1. The van der Waals surface area contributed by atoms with Gasteiger partial charge in [0, 0.05) is 19.2 Å². The van der Waals surface area contributed by atoms with Crippen LogP contribution in [-0.4, -0.2) is 53.1 Å². The number of hydrogen-bond acceptors (Lipinski definition) is 6. The van der Waals surface area contributed by atoms with Crippen LogP contribution in [0, 0.1) is 10.1 Å². The third kappa shape index (κ3) is 4.09. The lowest BCUT2D eigenvalue weighted by Gasteiger charge is -2.31. The first-order valence-electron chi connectivity index (χ1n) is 6.56. The summed E-state index contributed by atoms with van der Waals surface area (Å²) < 4.78 is 10.1. The van der Waals surface area contributed by atoms with Crippen molar-refractivity contribution in [1.82, 2.24) is 4.90 Å². The number of rotatable bonds is 7. The van der Waals surface area contributed by atoms with Gasteiger partial charge in [0.2, 0.25) is 5.75 Å². The number of nitro benzene ring substituents is 1. The Balaban J connectivity index is 2.81. The van der Waals surface area contributed by atoms with E-state index in [1.165, 1.54) is 46.2 Å². The third-order valence-corrected chi connectivity index (χ3v) is 3.45. The third-order valence-electron chi connectivity index (χ3n) is 3.45. The average Bonchev–Trinajstić information content (AvgIpc) is 2.50. The number of aliphatic carboxylic acids is 1. The molecular weight excluding hydrogens is 308 g/mol. The van der Waals surface area contributed by atoms with Crippen LogP contribution in [0.3, 0.4) is 0 Å². The van der Waals surface area contributed by atoms with E-state index in [4.69, 9.17) is 14.6 Å². The molecule has 0 aliphatic heterocycles. The number of carboxylic acid groups (broad SMARTS) is 1. The topological polar surface area (TPSA) is 119 Å². The number of hydrogen-bond donors (Lipinski definition) is 1. The molecule has 1 amide bonds. The molecule has 0 radical (unpaired) electrons. The van der Waals surface area contributed by atoms with E-state index in [2.05, 4.69) is 0 Å². The first kappa shape index (κ1) is 18.2. The quantitative estimate of drug-likeness (QED) is 0.592. The molecule has 126 valence electrons. The number of nitrogens with zero attached hydrogens (tertiary/aromatic N) is 2. The molecule has 9 heteroatoms. The molecule has 0 bridgehead atoms. The summed E-state index contributed by atoms with van der Waals surface area (Å²) in [7, 11) is 2.64. The lowest BCUT2D eigenvalue weighted by atomic mass is 10.0. The number of nitro groups is 1. The standard InChI is InChI=1S/C14H18N2O7/c1-14(2,13(18)19)15(3)12(17)8-23-9-5-6-10(16(20)21)11(7-9)22-4/h5-7H,8H2,1-4H3,(H,18,19). The van der Waals surface area contributed by atoms with Crippen LogP contribution in [-0.2, 0) is 9.59 Å². The van der Waals surface area contributed by atoms with Crippen LogP contribution < -0.4 is 9.47 Å². The second-order valence-electron chi connectivity index (χ2n) is 5.20. The van der Waals surface area contributed by atoms with E-state index in [0.29, 0.717) is 0 Å². The van der Waals surface area contributed by atoms with Crippen molar-refractivity contribution in [2.24, 2.45) is 0 Å². The van der Waals surface area contributed by atoms with Gasteiger partial charge in [0.05, 0.1) is 12.0 Å². The predicted octanol–water partition coefficient (Wildman–Crippen LogP) is 1.30. The average molecular weight is 326 g/mol. The van der Waals surface area contributed by atoms with Crippen molar-refractivity contribution in [3.05, 3.63) is 28.3 Å². The number of carbonyl (C=O) groups excluding carboxylic acids is 1. The van der Waals surface area contributed by atoms with E-state index in [0.717, 1.165) is 4.90 Å². The zero-order chi connectivity index (χ0) is 17.8. The van der Waals surface area contributed by atoms with E-state index < -0.39 is 28.9 Å². The zero-order valence-corrected chi connectivity index (χ0v) is 13.2. The van der Waals surface area contributed by atoms with Crippen LogP contribution in [0.25, 0.3) is 0 Å². The van der Waals surface area contributed by atoms with Gasteiger partial charge in [-0.25, -0.2) is 4.79 Å². The zero-order valence-electron chi connectivity index (χ0n) is 13.2. The van der Waals surface area contributed by atoms with E-state index in [9.17, 15) is 19.7 Å². The first-order valence-corrected chi connectivity index (χ1v) is 6.56. The number of ether oxygens (including phenoxy) is 2. The Bertz CT molecular complexity index is 628. The molecule has 0 fully saturated rings. The van der Waals surface area contributed by atoms with Gasteiger partial charge >= 0.3 is 11.7 Å². The Kier molecular flexibility index (Phi) is 5.50. The van der Waals surface area contributed by atoms with E-state index in [-0.39, 0.29) is 17.2 Å². The maximum absolute atomic E-state index is 12.0. The van der Waals surface area contributed by atoms with Crippen LogP contribution in [0.1, 0.15) is 13.8 Å². The molecule has 1 N–H and O–H groups in total. The molecule has 0 unspecified atom stereocenters. The Morgan fingerprint density at radius 1 is 1.39 bits per heavy atom. The predicted molar refractivity (Wildman–Crippen MR) is 79.6 cm³/mol. The molecule has 1 rings (SSSR count). The van der Waals surface area contributed by atoms with Crippen LogP contribution in [0.5, 0.6) is 11.5 Å². The lowest BCUT2D eigenvalue weighted by molar-refractivity contribution is -0.385. The smallest absolute Gasteiger partial charge is 0.329 e. The van der Waals surface area contributed by atoms with Gasteiger partial charge in [-0.05, 0) is 19.9 Å². The Morgan fingerprint density at radius 3 is 2.48 bits per heavy atom. The molecule has 0 aliphatic carbocycles. The number of carbonyl (C=O) groups is 2. The molecule has 1 aromatic carbocycles. The molecule has 0 heterocycles. The summed E-state index contributed by atoms with van der Waals surface area (Å²) in [5, 5.41) is 19.9. The van der Waals surface area contributed by atoms with E-state index >= 15 is 0 Å². The van der Waals surface area contributed by atoms with Gasteiger partial charge in [0.15, 0.2) is 6.61 Å². The number of methoxy groups -OCH3 is 1. The van der Waals surface area contributed by atoms with Gasteiger partial charge < -0.3 is 19.5 Å². The number of benzene rings is 1. The van der Waals surface area contributed by atoms with Crippen molar-refractivity contribution < 1.29 is 29.1 Å². The largest absolute Gasteiger partial charge is 0.490 e. The molecule has 9 nitrogen and oxygen atoms in total. The van der Waals surface area contributed by atoms with Crippen LogP contribution in [0.2, 0.25) is 0 Å².